The fourth-order valence-corrected chi connectivity index (χ4v) is 2.91. The zero-order valence-corrected chi connectivity index (χ0v) is 13.3. The number of anilines is 1. The Morgan fingerprint density at radius 3 is 2.43 bits per heavy atom. The molecule has 0 radical (unpaired) electrons. The highest BCUT2D eigenvalue weighted by atomic mass is 35.5. The number of halogens is 1. The molecule has 0 bridgehead atoms. The van der Waals surface area contributed by atoms with Crippen LogP contribution in [0.5, 0.6) is 0 Å². The van der Waals surface area contributed by atoms with Gasteiger partial charge in [0.05, 0.1) is 0 Å². The van der Waals surface area contributed by atoms with Gasteiger partial charge in [0, 0.05) is 22.8 Å². The van der Waals surface area contributed by atoms with E-state index < -0.39 is 6.04 Å². The Morgan fingerprint density at radius 1 is 1.04 bits per heavy atom. The number of para-hydroxylation sites is 1. The van der Waals surface area contributed by atoms with Crippen molar-refractivity contribution in [2.45, 2.75) is 18.9 Å². The van der Waals surface area contributed by atoms with E-state index in [0.717, 1.165) is 12.1 Å². The van der Waals surface area contributed by atoms with Crippen LogP contribution < -0.4 is 5.32 Å². The number of amides is 2. The molecule has 1 heterocycles. The molecule has 2 aromatic carbocycles. The summed E-state index contributed by atoms with van der Waals surface area (Å²) in [7, 11) is 0. The van der Waals surface area contributed by atoms with E-state index in [2.05, 4.69) is 5.32 Å². The molecule has 1 aliphatic heterocycles. The third-order valence-corrected chi connectivity index (χ3v) is 4.20. The van der Waals surface area contributed by atoms with E-state index >= 15 is 0 Å². The zero-order valence-electron chi connectivity index (χ0n) is 12.5. The van der Waals surface area contributed by atoms with Crippen molar-refractivity contribution in [3.8, 4) is 0 Å². The van der Waals surface area contributed by atoms with Gasteiger partial charge in [0.25, 0.3) is 5.91 Å². The minimum atomic E-state index is -0.432. The van der Waals surface area contributed by atoms with Crippen LogP contribution in [0.15, 0.2) is 54.6 Å². The molecular weight excluding hydrogens is 312 g/mol. The second-order valence-corrected chi connectivity index (χ2v) is 5.96. The molecule has 5 heteroatoms. The summed E-state index contributed by atoms with van der Waals surface area (Å²) in [5, 5.41) is 3.46. The van der Waals surface area contributed by atoms with Crippen LogP contribution in [0.1, 0.15) is 23.2 Å². The molecule has 3 rings (SSSR count). The van der Waals surface area contributed by atoms with Gasteiger partial charge < -0.3 is 10.2 Å². The SMILES string of the molecule is O=C(Nc1ccccc1)[C@H]1CCCN1C(=O)c1ccc(Cl)cc1. The lowest BCUT2D eigenvalue weighted by Gasteiger charge is -2.24. The lowest BCUT2D eigenvalue weighted by molar-refractivity contribution is -0.119. The summed E-state index contributed by atoms with van der Waals surface area (Å²) in [5.74, 6) is -0.275. The number of nitrogens with one attached hydrogen (secondary N) is 1. The van der Waals surface area contributed by atoms with Gasteiger partial charge in [0.15, 0.2) is 0 Å². The quantitative estimate of drug-likeness (QED) is 0.936. The average Bonchev–Trinajstić information content (AvgIpc) is 3.05. The Labute approximate surface area is 140 Å². The van der Waals surface area contributed by atoms with Gasteiger partial charge in [-0.1, -0.05) is 29.8 Å². The van der Waals surface area contributed by atoms with Crippen molar-refractivity contribution in [1.29, 1.82) is 0 Å². The molecule has 4 nitrogen and oxygen atoms in total. The Bertz CT molecular complexity index is 701. The summed E-state index contributed by atoms with van der Waals surface area (Å²) in [6, 6.07) is 15.6. The second kappa shape index (κ2) is 6.84. The van der Waals surface area contributed by atoms with E-state index in [0.29, 0.717) is 23.6 Å². The molecule has 1 atom stereocenters. The van der Waals surface area contributed by atoms with Crippen molar-refractivity contribution in [1.82, 2.24) is 4.90 Å². The number of carbonyl (C=O) groups is 2. The zero-order chi connectivity index (χ0) is 16.2. The number of carbonyl (C=O) groups excluding carboxylic acids is 2. The first-order valence-electron chi connectivity index (χ1n) is 7.57. The number of benzene rings is 2. The van der Waals surface area contributed by atoms with Crippen LogP contribution in [0.3, 0.4) is 0 Å². The van der Waals surface area contributed by atoms with Crippen LogP contribution in [0.25, 0.3) is 0 Å². The van der Waals surface area contributed by atoms with Crippen LogP contribution in [-0.2, 0) is 4.79 Å². The normalized spacial score (nSPS) is 17.1. The lowest BCUT2D eigenvalue weighted by atomic mass is 10.1. The molecular formula is C18H17ClN2O2. The molecule has 0 spiro atoms. The van der Waals surface area contributed by atoms with Crippen LogP contribution in [0, 0.1) is 0 Å². The molecule has 0 unspecified atom stereocenters. The molecule has 1 aliphatic rings. The van der Waals surface area contributed by atoms with Gasteiger partial charge in [0.2, 0.25) is 5.91 Å². The first-order valence-corrected chi connectivity index (χ1v) is 7.95. The summed E-state index contributed by atoms with van der Waals surface area (Å²) in [6.45, 7) is 0.592. The lowest BCUT2D eigenvalue weighted by Crippen LogP contribution is -2.43. The molecule has 1 saturated heterocycles. The van der Waals surface area contributed by atoms with Gasteiger partial charge in [-0.05, 0) is 49.2 Å². The molecule has 23 heavy (non-hydrogen) atoms. The molecule has 1 fully saturated rings. The first kappa shape index (κ1) is 15.6. The molecule has 0 saturated carbocycles. The van der Waals surface area contributed by atoms with E-state index in [4.69, 9.17) is 11.6 Å². The third kappa shape index (κ3) is 3.54. The fourth-order valence-electron chi connectivity index (χ4n) is 2.79. The van der Waals surface area contributed by atoms with Gasteiger partial charge in [-0.3, -0.25) is 9.59 Å². The highest BCUT2D eigenvalue weighted by Crippen LogP contribution is 2.22. The van der Waals surface area contributed by atoms with E-state index in [1.54, 1.807) is 29.2 Å². The fraction of sp³-hybridized carbons (Fsp3) is 0.222. The van der Waals surface area contributed by atoms with Crippen LogP contribution in [0.2, 0.25) is 5.02 Å². The molecule has 2 amide bonds. The highest BCUT2D eigenvalue weighted by molar-refractivity contribution is 6.30. The number of nitrogens with zero attached hydrogens (tertiary/aromatic N) is 1. The van der Waals surface area contributed by atoms with Crippen molar-refractivity contribution in [3.63, 3.8) is 0 Å². The van der Waals surface area contributed by atoms with E-state index in [1.165, 1.54) is 0 Å². The van der Waals surface area contributed by atoms with Crippen molar-refractivity contribution in [2.24, 2.45) is 0 Å². The number of likely N-dealkylation sites (tertiary alicyclic amines) is 1. The standard InChI is InChI=1S/C18H17ClN2O2/c19-14-10-8-13(9-11-14)18(23)21-12-4-7-16(21)17(22)20-15-5-2-1-3-6-15/h1-3,5-6,8-11,16H,4,7,12H2,(H,20,22)/t16-/m1/s1. The first-order chi connectivity index (χ1) is 11.1. The van der Waals surface area contributed by atoms with Gasteiger partial charge in [-0.15, -0.1) is 0 Å². The van der Waals surface area contributed by atoms with Gasteiger partial charge in [0.1, 0.15) is 6.04 Å². The van der Waals surface area contributed by atoms with Gasteiger partial charge in [-0.25, -0.2) is 0 Å². The molecule has 118 valence electrons. The number of rotatable bonds is 3. The molecule has 0 aliphatic carbocycles. The summed E-state index contributed by atoms with van der Waals surface area (Å²) in [5.41, 5.74) is 1.29. The van der Waals surface area contributed by atoms with E-state index in [9.17, 15) is 9.59 Å². The third-order valence-electron chi connectivity index (χ3n) is 3.95. The van der Waals surface area contributed by atoms with E-state index in [-0.39, 0.29) is 11.8 Å². The van der Waals surface area contributed by atoms with Crippen LogP contribution >= 0.6 is 11.6 Å². The predicted molar refractivity (Wildman–Crippen MR) is 90.6 cm³/mol. The van der Waals surface area contributed by atoms with Crippen molar-refractivity contribution < 1.29 is 9.59 Å². The van der Waals surface area contributed by atoms with Crippen molar-refractivity contribution in [2.75, 3.05) is 11.9 Å². The van der Waals surface area contributed by atoms with Crippen LogP contribution in [0.4, 0.5) is 5.69 Å². The average molecular weight is 329 g/mol. The predicted octanol–water partition coefficient (Wildman–Crippen LogP) is 3.58. The monoisotopic (exact) mass is 328 g/mol. The summed E-state index contributed by atoms with van der Waals surface area (Å²) < 4.78 is 0. The minimum Gasteiger partial charge on any atom is -0.327 e. The van der Waals surface area contributed by atoms with E-state index in [1.807, 2.05) is 30.3 Å². The topological polar surface area (TPSA) is 49.4 Å². The molecule has 0 aromatic heterocycles. The molecule has 2 aromatic rings. The second-order valence-electron chi connectivity index (χ2n) is 5.52. The smallest absolute Gasteiger partial charge is 0.254 e. The summed E-state index contributed by atoms with van der Waals surface area (Å²) in [4.78, 5) is 26.8. The van der Waals surface area contributed by atoms with Crippen molar-refractivity contribution >= 4 is 29.1 Å². The van der Waals surface area contributed by atoms with Gasteiger partial charge >= 0.3 is 0 Å². The molecule has 1 N–H and O–H groups in total. The largest absolute Gasteiger partial charge is 0.327 e. The Hall–Kier alpha value is -2.33. The summed E-state index contributed by atoms with van der Waals surface area (Å²) in [6.07, 6.45) is 1.50. The maximum atomic E-state index is 12.6. The Kier molecular flexibility index (Phi) is 4.63. The maximum Gasteiger partial charge on any atom is 0.254 e. The highest BCUT2D eigenvalue weighted by Gasteiger charge is 2.34. The Balaban J connectivity index is 1.73. The Morgan fingerprint density at radius 2 is 1.74 bits per heavy atom. The van der Waals surface area contributed by atoms with Gasteiger partial charge in [-0.2, -0.15) is 0 Å². The van der Waals surface area contributed by atoms with Crippen molar-refractivity contribution in [3.05, 3.63) is 65.2 Å². The maximum absolute atomic E-state index is 12.6. The van der Waals surface area contributed by atoms with Crippen LogP contribution in [-0.4, -0.2) is 29.3 Å². The minimum absolute atomic E-state index is 0.132. The number of hydrogen-bond donors (Lipinski definition) is 1. The summed E-state index contributed by atoms with van der Waals surface area (Å²) >= 11 is 5.86. The number of hydrogen-bond acceptors (Lipinski definition) is 2.